The summed E-state index contributed by atoms with van der Waals surface area (Å²) in [4.78, 5) is 22.9. The number of amides is 1. The lowest BCUT2D eigenvalue weighted by Gasteiger charge is -2.26. The van der Waals surface area contributed by atoms with Crippen molar-refractivity contribution in [3.05, 3.63) is 60.2 Å². The number of benzene rings is 2. The van der Waals surface area contributed by atoms with Crippen molar-refractivity contribution in [3.8, 4) is 5.75 Å². The first-order valence-electron chi connectivity index (χ1n) is 10.4. The first-order valence-corrected chi connectivity index (χ1v) is 10.8. The first kappa shape index (κ1) is 22.9. The third-order valence-corrected chi connectivity index (χ3v) is 5.42. The lowest BCUT2D eigenvalue weighted by atomic mass is 10.1. The Hall–Kier alpha value is -3.27. The van der Waals surface area contributed by atoms with Gasteiger partial charge in [0.05, 0.1) is 29.4 Å². The molecule has 172 valence electrons. The van der Waals surface area contributed by atoms with Gasteiger partial charge in [-0.05, 0) is 30.3 Å². The molecule has 8 nitrogen and oxygen atoms in total. The van der Waals surface area contributed by atoms with Crippen molar-refractivity contribution in [2.24, 2.45) is 0 Å². The second kappa shape index (κ2) is 10.6. The molecule has 1 aliphatic heterocycles. The van der Waals surface area contributed by atoms with Crippen LogP contribution in [0.4, 0.5) is 21.6 Å². The predicted octanol–water partition coefficient (Wildman–Crippen LogP) is 4.00. The van der Waals surface area contributed by atoms with E-state index in [9.17, 15) is 9.18 Å². The largest absolute Gasteiger partial charge is 0.490 e. The maximum absolute atomic E-state index is 13.5. The molecule has 3 aromatic rings. The van der Waals surface area contributed by atoms with Gasteiger partial charge in [-0.15, -0.1) is 0 Å². The first-order chi connectivity index (χ1) is 16.0. The molecule has 0 aliphatic carbocycles. The van der Waals surface area contributed by atoms with Crippen LogP contribution in [0.5, 0.6) is 5.75 Å². The molecule has 10 heteroatoms. The summed E-state index contributed by atoms with van der Waals surface area (Å²) >= 11 is 5.89. The average Bonchev–Trinajstić information content (AvgIpc) is 2.82. The molecule has 1 amide bonds. The van der Waals surface area contributed by atoms with E-state index in [0.29, 0.717) is 53.7 Å². The number of carbonyl (C=O) groups excluding carboxylic acids is 1. The molecule has 4 rings (SSSR count). The third kappa shape index (κ3) is 5.75. The number of ether oxygens (including phenoxy) is 2. The van der Waals surface area contributed by atoms with Gasteiger partial charge in [-0.1, -0.05) is 18.2 Å². The van der Waals surface area contributed by atoms with E-state index in [1.165, 1.54) is 24.5 Å². The van der Waals surface area contributed by atoms with Gasteiger partial charge >= 0.3 is 0 Å². The zero-order valence-electron chi connectivity index (χ0n) is 17.8. The summed E-state index contributed by atoms with van der Waals surface area (Å²) in [6.45, 7) is 7.82. The molecular formula is C23H23ClFN5O3. The van der Waals surface area contributed by atoms with E-state index < -0.39 is 5.82 Å². The molecule has 1 fully saturated rings. The van der Waals surface area contributed by atoms with Gasteiger partial charge in [-0.3, -0.25) is 9.69 Å². The molecule has 0 spiro atoms. The number of aromatic nitrogens is 2. The number of morpholine rings is 1. The van der Waals surface area contributed by atoms with Crippen molar-refractivity contribution < 1.29 is 18.7 Å². The summed E-state index contributed by atoms with van der Waals surface area (Å²) in [5.41, 5.74) is 1.63. The highest BCUT2D eigenvalue weighted by atomic mass is 35.5. The molecule has 2 heterocycles. The van der Waals surface area contributed by atoms with E-state index in [2.05, 4.69) is 32.1 Å². The third-order valence-electron chi connectivity index (χ3n) is 5.13. The standard InChI is InChI=1S/C23H23ClFN5O3/c1-2-22(31)29-20-12-16-19(13-21(20)33-10-7-30-5-8-32-9-6-30)26-14-27-23(16)28-15-3-4-18(25)17(24)11-15/h2-4,11-14H,1,5-10H2,(H,29,31)(H,26,27,28). The number of hydrogen-bond acceptors (Lipinski definition) is 7. The highest BCUT2D eigenvalue weighted by molar-refractivity contribution is 6.31. The molecule has 0 radical (unpaired) electrons. The summed E-state index contributed by atoms with van der Waals surface area (Å²) in [6, 6.07) is 7.77. The minimum Gasteiger partial charge on any atom is -0.490 e. The van der Waals surface area contributed by atoms with Gasteiger partial charge in [0, 0.05) is 36.8 Å². The Bertz CT molecular complexity index is 1170. The number of halogens is 2. The molecule has 1 aliphatic rings. The summed E-state index contributed by atoms with van der Waals surface area (Å²) in [5.74, 6) is 0.0733. The normalized spacial score (nSPS) is 14.1. The van der Waals surface area contributed by atoms with Crippen LogP contribution in [0, 0.1) is 5.82 Å². The van der Waals surface area contributed by atoms with Gasteiger partial charge in [-0.2, -0.15) is 0 Å². The number of anilines is 3. The molecule has 1 saturated heterocycles. The van der Waals surface area contributed by atoms with Gasteiger partial charge in [0.2, 0.25) is 5.91 Å². The van der Waals surface area contributed by atoms with Crippen molar-refractivity contribution in [1.82, 2.24) is 14.9 Å². The van der Waals surface area contributed by atoms with E-state index in [4.69, 9.17) is 21.1 Å². The number of nitrogens with zero attached hydrogens (tertiary/aromatic N) is 3. The molecule has 33 heavy (non-hydrogen) atoms. The van der Waals surface area contributed by atoms with E-state index in [1.807, 2.05) is 0 Å². The number of carbonyl (C=O) groups is 1. The Morgan fingerprint density at radius 3 is 2.85 bits per heavy atom. The van der Waals surface area contributed by atoms with Crippen LogP contribution >= 0.6 is 11.6 Å². The second-order valence-electron chi connectivity index (χ2n) is 7.34. The zero-order valence-corrected chi connectivity index (χ0v) is 18.6. The highest BCUT2D eigenvalue weighted by Crippen LogP contribution is 2.34. The fourth-order valence-electron chi connectivity index (χ4n) is 3.40. The van der Waals surface area contributed by atoms with Gasteiger partial charge in [0.25, 0.3) is 0 Å². The second-order valence-corrected chi connectivity index (χ2v) is 7.74. The topological polar surface area (TPSA) is 88.6 Å². The summed E-state index contributed by atoms with van der Waals surface area (Å²) in [6.07, 6.45) is 2.60. The van der Waals surface area contributed by atoms with Crippen molar-refractivity contribution in [3.63, 3.8) is 0 Å². The van der Waals surface area contributed by atoms with Crippen LogP contribution in [0.15, 0.2) is 49.3 Å². The smallest absolute Gasteiger partial charge is 0.247 e. The zero-order chi connectivity index (χ0) is 23.2. The lowest BCUT2D eigenvalue weighted by Crippen LogP contribution is -2.38. The van der Waals surface area contributed by atoms with Crippen LogP contribution in [-0.4, -0.2) is 60.2 Å². The quantitative estimate of drug-likeness (QED) is 0.480. The Morgan fingerprint density at radius 1 is 1.27 bits per heavy atom. The molecule has 0 atom stereocenters. The number of rotatable bonds is 8. The average molecular weight is 472 g/mol. The molecule has 0 saturated carbocycles. The molecule has 0 bridgehead atoms. The molecule has 2 aromatic carbocycles. The van der Waals surface area contributed by atoms with Crippen LogP contribution in [0.1, 0.15) is 0 Å². The summed E-state index contributed by atoms with van der Waals surface area (Å²) in [5, 5.41) is 6.53. The fraction of sp³-hybridized carbons (Fsp3) is 0.261. The summed E-state index contributed by atoms with van der Waals surface area (Å²) < 4.78 is 24.9. The van der Waals surface area contributed by atoms with E-state index in [0.717, 1.165) is 19.6 Å². The molecule has 0 unspecified atom stereocenters. The van der Waals surface area contributed by atoms with E-state index >= 15 is 0 Å². The Kier molecular flexibility index (Phi) is 7.33. The fourth-order valence-corrected chi connectivity index (χ4v) is 3.58. The SMILES string of the molecule is C=CC(=O)Nc1cc2c(Nc3ccc(F)c(Cl)c3)ncnc2cc1OCCN1CCOCC1. The van der Waals surface area contributed by atoms with Crippen LogP contribution in [0.25, 0.3) is 10.9 Å². The Morgan fingerprint density at radius 2 is 2.09 bits per heavy atom. The van der Waals surface area contributed by atoms with Crippen molar-refractivity contribution in [2.45, 2.75) is 0 Å². The van der Waals surface area contributed by atoms with Crippen LogP contribution < -0.4 is 15.4 Å². The monoisotopic (exact) mass is 471 g/mol. The van der Waals surface area contributed by atoms with E-state index in [-0.39, 0.29) is 10.9 Å². The lowest BCUT2D eigenvalue weighted by molar-refractivity contribution is -0.111. The highest BCUT2D eigenvalue weighted by Gasteiger charge is 2.15. The Balaban J connectivity index is 1.61. The predicted molar refractivity (Wildman–Crippen MR) is 126 cm³/mol. The molecule has 1 aromatic heterocycles. The van der Waals surface area contributed by atoms with Crippen LogP contribution in [0.3, 0.4) is 0 Å². The van der Waals surface area contributed by atoms with Crippen LogP contribution in [0.2, 0.25) is 5.02 Å². The van der Waals surface area contributed by atoms with Crippen molar-refractivity contribution in [1.29, 1.82) is 0 Å². The van der Waals surface area contributed by atoms with Crippen molar-refractivity contribution >= 4 is 45.6 Å². The van der Waals surface area contributed by atoms with E-state index in [1.54, 1.807) is 18.2 Å². The maximum Gasteiger partial charge on any atom is 0.247 e. The number of fused-ring (bicyclic) bond motifs is 1. The van der Waals surface area contributed by atoms with Gasteiger partial charge in [0.1, 0.15) is 30.3 Å². The van der Waals surface area contributed by atoms with Gasteiger partial charge in [-0.25, -0.2) is 14.4 Å². The molecule has 2 N–H and O–H groups in total. The van der Waals surface area contributed by atoms with Gasteiger partial charge in [0.15, 0.2) is 0 Å². The minimum atomic E-state index is -0.511. The number of nitrogens with one attached hydrogen (secondary N) is 2. The Labute approximate surface area is 195 Å². The summed E-state index contributed by atoms with van der Waals surface area (Å²) in [7, 11) is 0. The van der Waals surface area contributed by atoms with Gasteiger partial charge < -0.3 is 20.1 Å². The van der Waals surface area contributed by atoms with Crippen molar-refractivity contribution in [2.75, 3.05) is 50.1 Å². The minimum absolute atomic E-state index is 0.00625. The molecular weight excluding hydrogens is 449 g/mol. The number of hydrogen-bond donors (Lipinski definition) is 2. The maximum atomic E-state index is 13.5. The van der Waals surface area contributed by atoms with Crippen LogP contribution in [-0.2, 0) is 9.53 Å².